The lowest BCUT2D eigenvalue weighted by atomic mass is 9.86. The Hall–Kier alpha value is -1.92. The number of methoxy groups -OCH3 is 1. The van der Waals surface area contributed by atoms with E-state index >= 15 is 0 Å². The first-order valence-electron chi connectivity index (χ1n) is 8.97. The van der Waals surface area contributed by atoms with Crippen LogP contribution in [-0.4, -0.2) is 39.8 Å². The zero-order valence-corrected chi connectivity index (χ0v) is 15.2. The fraction of sp³-hybridized carbons (Fsp3) is 0.579. The van der Waals surface area contributed by atoms with Crippen LogP contribution in [0, 0.1) is 0 Å². The number of nitrogens with zero attached hydrogens (tertiary/aromatic N) is 3. The molecule has 2 heterocycles. The molecule has 1 aliphatic heterocycles. The molecule has 0 bridgehead atoms. The molecule has 1 aromatic heterocycles. The largest absolute Gasteiger partial charge is 0.497 e. The molecule has 0 amide bonds. The van der Waals surface area contributed by atoms with Crippen molar-refractivity contribution in [3.05, 3.63) is 41.5 Å². The minimum Gasteiger partial charge on any atom is -0.497 e. The predicted octanol–water partition coefficient (Wildman–Crippen LogP) is 2.90. The maximum Gasteiger partial charge on any atom is 0.240 e. The Morgan fingerprint density at radius 3 is 2.80 bits per heavy atom. The van der Waals surface area contributed by atoms with Crippen LogP contribution in [0.2, 0.25) is 0 Å². The van der Waals surface area contributed by atoms with E-state index in [2.05, 4.69) is 22.0 Å². The molecule has 1 fully saturated rings. The van der Waals surface area contributed by atoms with Crippen LogP contribution in [-0.2, 0) is 18.6 Å². The van der Waals surface area contributed by atoms with Gasteiger partial charge in [-0.2, -0.15) is 4.98 Å². The highest BCUT2D eigenvalue weighted by Gasteiger charge is 2.41. The van der Waals surface area contributed by atoms with Crippen LogP contribution in [0.4, 0.5) is 0 Å². The maximum absolute atomic E-state index is 11.2. The maximum atomic E-state index is 11.2. The third-order valence-corrected chi connectivity index (χ3v) is 5.01. The lowest BCUT2D eigenvalue weighted by Gasteiger charge is -2.36. The molecule has 1 saturated heterocycles. The second kappa shape index (κ2) is 7.54. The molecule has 6 heteroatoms. The highest BCUT2D eigenvalue weighted by atomic mass is 16.5. The smallest absolute Gasteiger partial charge is 0.240 e. The number of ether oxygens (including phenoxy) is 1. The number of aryl methyl sites for hydroxylation is 1. The fourth-order valence-electron chi connectivity index (χ4n) is 3.63. The lowest BCUT2D eigenvalue weighted by molar-refractivity contribution is -0.0278. The Morgan fingerprint density at radius 2 is 2.12 bits per heavy atom. The molecule has 25 heavy (non-hydrogen) atoms. The van der Waals surface area contributed by atoms with Crippen LogP contribution in [0.3, 0.4) is 0 Å². The zero-order chi connectivity index (χ0) is 17.9. The molecule has 0 radical (unpaired) electrons. The number of benzene rings is 1. The fourth-order valence-corrected chi connectivity index (χ4v) is 3.63. The van der Waals surface area contributed by atoms with Gasteiger partial charge in [-0.15, -0.1) is 0 Å². The Labute approximate surface area is 148 Å². The summed E-state index contributed by atoms with van der Waals surface area (Å²) in [5, 5.41) is 15.3. The summed E-state index contributed by atoms with van der Waals surface area (Å²) in [7, 11) is 1.64. The molecule has 1 aromatic carbocycles. The molecule has 3 rings (SSSR count). The lowest BCUT2D eigenvalue weighted by Crippen LogP contribution is -2.45. The van der Waals surface area contributed by atoms with Gasteiger partial charge in [-0.1, -0.05) is 24.2 Å². The monoisotopic (exact) mass is 345 g/mol. The van der Waals surface area contributed by atoms with Crippen molar-refractivity contribution >= 4 is 0 Å². The van der Waals surface area contributed by atoms with Crippen molar-refractivity contribution in [2.24, 2.45) is 0 Å². The summed E-state index contributed by atoms with van der Waals surface area (Å²) in [4.78, 5) is 6.70. The number of hydrogen-bond donors (Lipinski definition) is 1. The molecule has 0 saturated carbocycles. The quantitative estimate of drug-likeness (QED) is 0.832. The Bertz CT molecular complexity index is 681. The van der Waals surface area contributed by atoms with Crippen molar-refractivity contribution in [1.29, 1.82) is 0 Å². The predicted molar refractivity (Wildman–Crippen MR) is 94.3 cm³/mol. The van der Waals surface area contributed by atoms with Crippen molar-refractivity contribution in [2.45, 2.75) is 57.7 Å². The molecule has 0 aliphatic carbocycles. The summed E-state index contributed by atoms with van der Waals surface area (Å²) >= 11 is 0. The van der Waals surface area contributed by atoms with Crippen LogP contribution >= 0.6 is 0 Å². The van der Waals surface area contributed by atoms with E-state index in [1.54, 1.807) is 7.11 Å². The Morgan fingerprint density at radius 1 is 1.36 bits per heavy atom. The number of likely N-dealkylation sites (tertiary alicyclic amines) is 1. The van der Waals surface area contributed by atoms with E-state index in [4.69, 9.17) is 9.26 Å². The van der Waals surface area contributed by atoms with E-state index in [0.29, 0.717) is 12.4 Å². The van der Waals surface area contributed by atoms with Crippen molar-refractivity contribution < 1.29 is 14.4 Å². The first kappa shape index (κ1) is 17.9. The molecule has 1 N–H and O–H groups in total. The normalized spacial score (nSPS) is 20.6. The van der Waals surface area contributed by atoms with E-state index in [1.165, 1.54) is 0 Å². The van der Waals surface area contributed by atoms with Gasteiger partial charge in [0.2, 0.25) is 5.89 Å². The molecule has 2 aromatic rings. The third-order valence-electron chi connectivity index (χ3n) is 5.01. The van der Waals surface area contributed by atoms with Gasteiger partial charge in [-0.05, 0) is 50.4 Å². The van der Waals surface area contributed by atoms with Gasteiger partial charge in [0.15, 0.2) is 5.82 Å². The summed E-state index contributed by atoms with van der Waals surface area (Å²) in [5.41, 5.74) is -0.0583. The van der Waals surface area contributed by atoms with E-state index < -0.39 is 5.60 Å². The molecule has 2 atom stereocenters. The van der Waals surface area contributed by atoms with Crippen LogP contribution in [0.1, 0.15) is 50.4 Å². The number of rotatable bonds is 7. The first-order chi connectivity index (χ1) is 12.0. The molecule has 2 unspecified atom stereocenters. The standard InChI is InChI=1S/C19H27N3O3/c1-4-6-17-20-18(25-21-17)13-22-12-5-7-16(22)19(2,23)14-8-10-15(24-3)11-9-14/h8-11,16,23H,4-7,12-13H2,1-3H3. The van der Waals surface area contributed by atoms with Crippen LogP contribution in [0.15, 0.2) is 28.8 Å². The van der Waals surface area contributed by atoms with Crippen LogP contribution in [0.25, 0.3) is 0 Å². The molecular formula is C19H27N3O3. The number of aliphatic hydroxyl groups is 1. The highest BCUT2D eigenvalue weighted by Crippen LogP contribution is 2.36. The molecule has 0 spiro atoms. The van der Waals surface area contributed by atoms with Gasteiger partial charge in [0.05, 0.1) is 13.7 Å². The Kier molecular flexibility index (Phi) is 5.39. The van der Waals surface area contributed by atoms with Crippen molar-refractivity contribution in [3.63, 3.8) is 0 Å². The van der Waals surface area contributed by atoms with E-state index in [-0.39, 0.29) is 6.04 Å². The van der Waals surface area contributed by atoms with E-state index in [1.807, 2.05) is 31.2 Å². The third kappa shape index (κ3) is 3.85. The number of hydrogen-bond acceptors (Lipinski definition) is 6. The van der Waals surface area contributed by atoms with Gasteiger partial charge >= 0.3 is 0 Å². The van der Waals surface area contributed by atoms with Crippen LogP contribution in [0.5, 0.6) is 5.75 Å². The van der Waals surface area contributed by atoms with Gasteiger partial charge < -0.3 is 14.4 Å². The second-order valence-corrected chi connectivity index (χ2v) is 6.86. The second-order valence-electron chi connectivity index (χ2n) is 6.86. The molecular weight excluding hydrogens is 318 g/mol. The SMILES string of the molecule is CCCc1noc(CN2CCCC2C(C)(O)c2ccc(OC)cc2)n1. The average molecular weight is 345 g/mol. The van der Waals surface area contributed by atoms with Crippen molar-refractivity contribution in [3.8, 4) is 5.75 Å². The van der Waals surface area contributed by atoms with Gasteiger partial charge in [0, 0.05) is 12.5 Å². The van der Waals surface area contributed by atoms with Gasteiger partial charge in [0.1, 0.15) is 11.4 Å². The number of aromatic nitrogens is 2. The summed E-state index contributed by atoms with van der Waals surface area (Å²) in [6, 6.07) is 7.65. The minimum atomic E-state index is -0.949. The Balaban J connectivity index is 1.74. The minimum absolute atomic E-state index is 0.0161. The van der Waals surface area contributed by atoms with Crippen molar-refractivity contribution in [1.82, 2.24) is 15.0 Å². The average Bonchev–Trinajstić information content (AvgIpc) is 3.25. The molecule has 136 valence electrons. The van der Waals surface area contributed by atoms with Gasteiger partial charge in [0.25, 0.3) is 0 Å². The molecule has 6 nitrogen and oxygen atoms in total. The van der Waals surface area contributed by atoms with E-state index in [9.17, 15) is 5.11 Å². The van der Waals surface area contributed by atoms with E-state index in [0.717, 1.165) is 49.4 Å². The highest BCUT2D eigenvalue weighted by molar-refractivity contribution is 5.31. The topological polar surface area (TPSA) is 71.6 Å². The van der Waals surface area contributed by atoms with Gasteiger partial charge in [-0.3, -0.25) is 4.90 Å². The van der Waals surface area contributed by atoms with Gasteiger partial charge in [-0.25, -0.2) is 0 Å². The van der Waals surface area contributed by atoms with Crippen LogP contribution < -0.4 is 4.74 Å². The summed E-state index contributed by atoms with van der Waals surface area (Å²) in [5.74, 6) is 2.17. The summed E-state index contributed by atoms with van der Waals surface area (Å²) in [6.07, 6.45) is 3.82. The molecule has 1 aliphatic rings. The van der Waals surface area contributed by atoms with Crippen molar-refractivity contribution in [2.75, 3.05) is 13.7 Å². The summed E-state index contributed by atoms with van der Waals surface area (Å²) in [6.45, 7) is 5.48. The zero-order valence-electron chi connectivity index (χ0n) is 15.2. The first-order valence-corrected chi connectivity index (χ1v) is 8.97. The summed E-state index contributed by atoms with van der Waals surface area (Å²) < 4.78 is 10.6.